The van der Waals surface area contributed by atoms with Crippen LogP contribution in [0.2, 0.25) is 5.02 Å². The van der Waals surface area contributed by atoms with Gasteiger partial charge in [0.25, 0.3) is 0 Å². The second-order valence-corrected chi connectivity index (χ2v) is 12.3. The van der Waals surface area contributed by atoms with Crippen LogP contribution in [0.15, 0.2) is 83.5 Å². The Morgan fingerprint density at radius 3 is 1.86 bits per heavy atom. The highest BCUT2D eigenvalue weighted by Crippen LogP contribution is 2.48. The number of rotatable bonds is 6. The standard InChI is InChI=1S/C33H37ClO3/c1-32(2,3)26-18-24(19-27(30(26)36)33(4,5)6)28(22-13-10-14-25(34)17-22)29(21-11-8-7-9-12-21)31-23(20-35)15-16-37-31/h7-19,28-29,35-36H,20H2,1-6H3/t28-,29-/m1/s1. The van der Waals surface area contributed by atoms with E-state index in [2.05, 4.69) is 71.9 Å². The summed E-state index contributed by atoms with van der Waals surface area (Å²) in [6, 6.07) is 24.3. The fraction of sp³-hybridized carbons (Fsp3) is 0.333. The minimum absolute atomic E-state index is 0.118. The smallest absolute Gasteiger partial charge is 0.123 e. The van der Waals surface area contributed by atoms with Gasteiger partial charge in [-0.25, -0.2) is 0 Å². The van der Waals surface area contributed by atoms with Crippen molar-refractivity contribution < 1.29 is 14.6 Å². The van der Waals surface area contributed by atoms with Gasteiger partial charge in [-0.05, 0) is 56.8 Å². The van der Waals surface area contributed by atoms with Crippen molar-refractivity contribution in [3.63, 3.8) is 0 Å². The summed E-state index contributed by atoms with van der Waals surface area (Å²) < 4.78 is 6.10. The van der Waals surface area contributed by atoms with E-state index in [1.807, 2.05) is 42.5 Å². The Bertz CT molecular complexity index is 1320. The first-order valence-electron chi connectivity index (χ1n) is 12.8. The monoisotopic (exact) mass is 516 g/mol. The number of phenolic OH excluding ortho intramolecular Hbond substituents is 1. The van der Waals surface area contributed by atoms with Gasteiger partial charge < -0.3 is 14.6 Å². The van der Waals surface area contributed by atoms with Crippen LogP contribution in [0, 0.1) is 0 Å². The zero-order valence-corrected chi connectivity index (χ0v) is 23.3. The number of hydrogen-bond donors (Lipinski definition) is 2. The van der Waals surface area contributed by atoms with Crippen molar-refractivity contribution in [2.45, 2.75) is 70.8 Å². The zero-order valence-electron chi connectivity index (χ0n) is 22.5. The van der Waals surface area contributed by atoms with Crippen molar-refractivity contribution in [1.29, 1.82) is 0 Å². The first-order chi connectivity index (χ1) is 17.4. The van der Waals surface area contributed by atoms with E-state index in [-0.39, 0.29) is 29.3 Å². The van der Waals surface area contributed by atoms with Crippen molar-refractivity contribution in [2.75, 3.05) is 0 Å². The summed E-state index contributed by atoms with van der Waals surface area (Å²) in [5.41, 5.74) is 5.17. The van der Waals surface area contributed by atoms with E-state index in [4.69, 9.17) is 16.0 Å². The molecule has 0 aliphatic heterocycles. The van der Waals surface area contributed by atoms with Crippen LogP contribution in [0.1, 0.15) is 92.5 Å². The lowest BCUT2D eigenvalue weighted by atomic mass is 9.71. The van der Waals surface area contributed by atoms with E-state index in [1.165, 1.54) is 0 Å². The average molecular weight is 517 g/mol. The molecule has 2 N–H and O–H groups in total. The second kappa shape index (κ2) is 10.4. The Hall–Kier alpha value is -3.01. The Morgan fingerprint density at radius 1 is 0.730 bits per heavy atom. The molecule has 0 aliphatic carbocycles. The van der Waals surface area contributed by atoms with E-state index in [1.54, 1.807) is 6.26 Å². The molecule has 2 atom stereocenters. The Morgan fingerprint density at radius 2 is 1.32 bits per heavy atom. The number of benzene rings is 3. The maximum Gasteiger partial charge on any atom is 0.123 e. The van der Waals surface area contributed by atoms with Gasteiger partial charge in [0.15, 0.2) is 0 Å². The molecule has 0 fully saturated rings. The van der Waals surface area contributed by atoms with Gasteiger partial charge in [-0.2, -0.15) is 0 Å². The molecular weight excluding hydrogens is 480 g/mol. The van der Waals surface area contributed by atoms with E-state index in [9.17, 15) is 10.2 Å². The lowest BCUT2D eigenvalue weighted by molar-refractivity contribution is 0.276. The van der Waals surface area contributed by atoms with Crippen LogP contribution < -0.4 is 0 Å². The largest absolute Gasteiger partial charge is 0.507 e. The number of furan rings is 1. The molecule has 3 nitrogen and oxygen atoms in total. The SMILES string of the molecule is CC(C)(C)c1cc([C@@H](c2cccc(Cl)c2)[C@@H](c2ccccc2)c2occc2CO)cc(C(C)(C)C)c1O. The van der Waals surface area contributed by atoms with E-state index in [0.717, 1.165) is 39.1 Å². The number of phenols is 1. The highest BCUT2D eigenvalue weighted by molar-refractivity contribution is 6.30. The van der Waals surface area contributed by atoms with Crippen LogP contribution in [0.3, 0.4) is 0 Å². The molecular formula is C33H37ClO3. The molecule has 3 aromatic carbocycles. The summed E-state index contributed by atoms with van der Waals surface area (Å²) in [5, 5.41) is 22.3. The van der Waals surface area contributed by atoms with Crippen LogP contribution in [0.4, 0.5) is 0 Å². The van der Waals surface area contributed by atoms with Gasteiger partial charge in [0.05, 0.1) is 18.8 Å². The van der Waals surface area contributed by atoms with Crippen molar-refractivity contribution in [2.24, 2.45) is 0 Å². The average Bonchev–Trinajstić information content (AvgIpc) is 3.30. The molecule has 0 radical (unpaired) electrons. The molecule has 4 aromatic rings. The van der Waals surface area contributed by atoms with Gasteiger partial charge in [-0.1, -0.05) is 108 Å². The van der Waals surface area contributed by atoms with E-state index < -0.39 is 0 Å². The third-order valence-electron chi connectivity index (χ3n) is 7.04. The summed E-state index contributed by atoms with van der Waals surface area (Å²) in [6.07, 6.45) is 1.64. The summed E-state index contributed by atoms with van der Waals surface area (Å²) in [5.74, 6) is 0.641. The number of aromatic hydroxyl groups is 1. The molecule has 1 aromatic heterocycles. The maximum atomic E-state index is 11.4. The molecule has 0 aliphatic rings. The molecule has 0 amide bonds. The summed E-state index contributed by atoms with van der Waals surface area (Å²) in [4.78, 5) is 0. The predicted octanol–water partition coefficient (Wildman–Crippen LogP) is 8.69. The maximum absolute atomic E-state index is 11.4. The van der Waals surface area contributed by atoms with Crippen molar-refractivity contribution in [3.05, 3.63) is 123 Å². The Balaban J connectivity index is 2.10. The fourth-order valence-corrected chi connectivity index (χ4v) is 5.36. The van der Waals surface area contributed by atoms with E-state index in [0.29, 0.717) is 10.8 Å². The quantitative estimate of drug-likeness (QED) is 0.269. The zero-order chi connectivity index (χ0) is 27.0. The van der Waals surface area contributed by atoms with Gasteiger partial charge in [-0.15, -0.1) is 0 Å². The lowest BCUT2D eigenvalue weighted by Crippen LogP contribution is -2.21. The van der Waals surface area contributed by atoms with Crippen LogP contribution in [0.5, 0.6) is 5.75 Å². The van der Waals surface area contributed by atoms with Gasteiger partial charge in [-0.3, -0.25) is 0 Å². The topological polar surface area (TPSA) is 53.6 Å². The second-order valence-electron chi connectivity index (χ2n) is 11.9. The predicted molar refractivity (Wildman–Crippen MR) is 152 cm³/mol. The third kappa shape index (κ3) is 5.63. The Kier molecular flexibility index (Phi) is 7.60. The van der Waals surface area contributed by atoms with Gasteiger partial charge in [0.2, 0.25) is 0 Å². The first-order valence-corrected chi connectivity index (χ1v) is 13.1. The van der Waals surface area contributed by atoms with E-state index >= 15 is 0 Å². The van der Waals surface area contributed by atoms with Crippen LogP contribution in [0.25, 0.3) is 0 Å². The fourth-order valence-electron chi connectivity index (χ4n) is 5.16. The van der Waals surface area contributed by atoms with Crippen molar-refractivity contribution in [1.82, 2.24) is 0 Å². The minimum atomic E-state index is -0.276. The van der Waals surface area contributed by atoms with Crippen molar-refractivity contribution in [3.8, 4) is 5.75 Å². The number of aliphatic hydroxyl groups is 1. The van der Waals surface area contributed by atoms with Crippen LogP contribution >= 0.6 is 11.6 Å². The molecule has 194 valence electrons. The van der Waals surface area contributed by atoms with Gasteiger partial charge >= 0.3 is 0 Å². The summed E-state index contributed by atoms with van der Waals surface area (Å²) >= 11 is 6.54. The molecule has 0 bridgehead atoms. The molecule has 4 heteroatoms. The molecule has 0 unspecified atom stereocenters. The molecule has 0 spiro atoms. The molecule has 0 saturated heterocycles. The number of aliphatic hydroxyl groups excluding tert-OH is 1. The van der Waals surface area contributed by atoms with Crippen molar-refractivity contribution >= 4 is 11.6 Å². The molecule has 0 saturated carbocycles. The lowest BCUT2D eigenvalue weighted by Gasteiger charge is -2.33. The Labute approximate surface area is 225 Å². The number of hydrogen-bond acceptors (Lipinski definition) is 3. The summed E-state index contributed by atoms with van der Waals surface area (Å²) in [7, 11) is 0. The van der Waals surface area contributed by atoms with Crippen LogP contribution in [-0.2, 0) is 17.4 Å². The molecule has 37 heavy (non-hydrogen) atoms. The highest BCUT2D eigenvalue weighted by atomic mass is 35.5. The summed E-state index contributed by atoms with van der Waals surface area (Å²) in [6.45, 7) is 12.6. The first kappa shape index (κ1) is 27.0. The minimum Gasteiger partial charge on any atom is -0.507 e. The third-order valence-corrected chi connectivity index (χ3v) is 7.28. The highest BCUT2D eigenvalue weighted by Gasteiger charge is 2.35. The molecule has 1 heterocycles. The van der Waals surface area contributed by atoms with Crippen LogP contribution in [-0.4, -0.2) is 10.2 Å². The normalized spacial score (nSPS) is 13.9. The number of halogens is 1. The van der Waals surface area contributed by atoms with Gasteiger partial charge in [0, 0.05) is 16.5 Å². The van der Waals surface area contributed by atoms with Gasteiger partial charge in [0.1, 0.15) is 11.5 Å². The molecule has 4 rings (SSSR count).